The summed E-state index contributed by atoms with van der Waals surface area (Å²) in [5.74, 6) is -0.755. The number of halogens is 3. The molecule has 6 nitrogen and oxygen atoms in total. The first-order valence-electron chi connectivity index (χ1n) is 7.34. The summed E-state index contributed by atoms with van der Waals surface area (Å²) in [6.45, 7) is 3.28. The van der Waals surface area contributed by atoms with Gasteiger partial charge in [0.25, 0.3) is 0 Å². The van der Waals surface area contributed by atoms with Gasteiger partial charge in [0.15, 0.2) is 0 Å². The van der Waals surface area contributed by atoms with Crippen LogP contribution in [0.2, 0.25) is 0 Å². The van der Waals surface area contributed by atoms with E-state index in [4.69, 9.17) is 5.41 Å². The maximum atomic E-state index is 12.2. The highest BCUT2D eigenvalue weighted by atomic mass is 19.4. The molecule has 9 heteroatoms. The fourth-order valence-electron chi connectivity index (χ4n) is 1.97. The molecule has 0 saturated heterocycles. The van der Waals surface area contributed by atoms with Gasteiger partial charge >= 0.3 is 6.36 Å². The Bertz CT molecular complexity index is 804. The van der Waals surface area contributed by atoms with Gasteiger partial charge in [0.05, 0.1) is 17.9 Å². The van der Waals surface area contributed by atoms with E-state index < -0.39 is 12.3 Å². The largest absolute Gasteiger partial charge is 0.573 e. The molecule has 0 aliphatic carbocycles. The molecule has 0 radical (unpaired) electrons. The molecular formula is C17H15F3N4O2. The monoisotopic (exact) mass is 364 g/mol. The van der Waals surface area contributed by atoms with E-state index in [0.717, 1.165) is 6.08 Å². The summed E-state index contributed by atoms with van der Waals surface area (Å²) in [6.07, 6.45) is -2.17. The summed E-state index contributed by atoms with van der Waals surface area (Å²) >= 11 is 0. The number of carbonyl (C=O) groups excluding carboxylic acids is 1. The molecule has 26 heavy (non-hydrogen) atoms. The number of hydrogen-bond acceptors (Lipinski definition) is 5. The minimum Gasteiger partial charge on any atom is -0.406 e. The molecule has 0 atom stereocenters. The van der Waals surface area contributed by atoms with Crippen molar-refractivity contribution in [2.24, 2.45) is 0 Å². The molecule has 1 aromatic heterocycles. The Morgan fingerprint density at radius 3 is 2.58 bits per heavy atom. The number of rotatable bonds is 7. The van der Waals surface area contributed by atoms with E-state index in [1.165, 1.54) is 30.5 Å². The fourth-order valence-corrected chi connectivity index (χ4v) is 1.97. The van der Waals surface area contributed by atoms with E-state index in [-0.39, 0.29) is 18.0 Å². The number of anilines is 2. The number of aromatic nitrogens is 1. The van der Waals surface area contributed by atoms with Gasteiger partial charge in [-0.05, 0) is 42.5 Å². The lowest BCUT2D eigenvalue weighted by Crippen LogP contribution is -2.28. The molecule has 0 bridgehead atoms. The van der Waals surface area contributed by atoms with Crippen molar-refractivity contribution in [1.29, 1.82) is 5.41 Å². The second-order valence-electron chi connectivity index (χ2n) is 5.00. The van der Waals surface area contributed by atoms with Crippen molar-refractivity contribution in [3.05, 3.63) is 60.9 Å². The quantitative estimate of drug-likeness (QED) is 0.519. The maximum absolute atomic E-state index is 12.2. The Morgan fingerprint density at radius 2 is 1.96 bits per heavy atom. The van der Waals surface area contributed by atoms with Crippen LogP contribution in [0.5, 0.6) is 5.75 Å². The van der Waals surface area contributed by atoms with Crippen LogP contribution in [0.1, 0.15) is 5.69 Å². The van der Waals surface area contributed by atoms with Crippen LogP contribution in [0.3, 0.4) is 0 Å². The van der Waals surface area contributed by atoms with E-state index >= 15 is 0 Å². The summed E-state index contributed by atoms with van der Waals surface area (Å²) in [4.78, 5) is 15.3. The highest BCUT2D eigenvalue weighted by Gasteiger charge is 2.30. The SMILES string of the molecule is C=CC(=O)NCC(=N)c1ncccc1Nc1ccc(OC(F)(F)F)cc1. The number of amides is 1. The van der Waals surface area contributed by atoms with Crippen molar-refractivity contribution < 1.29 is 22.7 Å². The lowest BCUT2D eigenvalue weighted by Gasteiger charge is -2.13. The van der Waals surface area contributed by atoms with E-state index in [1.807, 2.05) is 0 Å². The Morgan fingerprint density at radius 1 is 1.27 bits per heavy atom. The lowest BCUT2D eigenvalue weighted by atomic mass is 10.2. The Hall–Kier alpha value is -3.36. The average molecular weight is 364 g/mol. The normalized spacial score (nSPS) is 10.7. The molecule has 0 aliphatic rings. The number of pyridine rings is 1. The van der Waals surface area contributed by atoms with Gasteiger partial charge in [0.1, 0.15) is 11.4 Å². The number of nitrogens with one attached hydrogen (secondary N) is 3. The van der Waals surface area contributed by atoms with Crippen molar-refractivity contribution in [3.63, 3.8) is 0 Å². The molecule has 3 N–H and O–H groups in total. The molecule has 0 saturated carbocycles. The molecule has 0 fully saturated rings. The molecule has 1 aromatic carbocycles. The molecule has 0 spiro atoms. The molecule has 2 rings (SSSR count). The predicted octanol–water partition coefficient (Wildman–Crippen LogP) is 3.39. The van der Waals surface area contributed by atoms with Crippen molar-refractivity contribution in [2.75, 3.05) is 11.9 Å². The van der Waals surface area contributed by atoms with Crippen LogP contribution < -0.4 is 15.4 Å². The zero-order valence-electron chi connectivity index (χ0n) is 13.4. The van der Waals surface area contributed by atoms with Gasteiger partial charge in [-0.1, -0.05) is 6.58 Å². The average Bonchev–Trinajstić information content (AvgIpc) is 2.60. The fraction of sp³-hybridized carbons (Fsp3) is 0.118. The standard InChI is InChI=1S/C17H15F3N4O2/c1-2-15(25)23-10-13(21)16-14(4-3-9-22-16)24-11-5-7-12(8-6-11)26-17(18,19)20/h2-9,21,24H,1,10H2,(H,23,25). The van der Waals surface area contributed by atoms with Crippen LogP contribution >= 0.6 is 0 Å². The van der Waals surface area contributed by atoms with Gasteiger partial charge in [-0.15, -0.1) is 13.2 Å². The third kappa shape index (κ3) is 5.62. The van der Waals surface area contributed by atoms with Crippen molar-refractivity contribution in [3.8, 4) is 5.75 Å². The maximum Gasteiger partial charge on any atom is 0.573 e. The summed E-state index contributed by atoms with van der Waals surface area (Å²) in [6, 6.07) is 8.44. The van der Waals surface area contributed by atoms with Crippen LogP contribution in [0.15, 0.2) is 55.3 Å². The van der Waals surface area contributed by atoms with E-state index in [0.29, 0.717) is 17.1 Å². The Balaban J connectivity index is 2.11. The highest BCUT2D eigenvalue weighted by Crippen LogP contribution is 2.26. The second-order valence-corrected chi connectivity index (χ2v) is 5.00. The number of alkyl halides is 3. The molecular weight excluding hydrogens is 349 g/mol. The molecule has 0 unspecified atom stereocenters. The minimum atomic E-state index is -4.75. The summed E-state index contributed by atoms with van der Waals surface area (Å²) in [5, 5.41) is 13.5. The van der Waals surface area contributed by atoms with Crippen LogP contribution in [0, 0.1) is 5.41 Å². The van der Waals surface area contributed by atoms with Crippen LogP contribution in [-0.2, 0) is 4.79 Å². The van der Waals surface area contributed by atoms with Crippen LogP contribution in [0.4, 0.5) is 24.5 Å². The van der Waals surface area contributed by atoms with Crippen molar-refractivity contribution in [2.45, 2.75) is 6.36 Å². The second kappa shape index (κ2) is 8.15. The van der Waals surface area contributed by atoms with E-state index in [2.05, 4.69) is 26.9 Å². The lowest BCUT2D eigenvalue weighted by molar-refractivity contribution is -0.274. The topological polar surface area (TPSA) is 87.1 Å². The summed E-state index contributed by atoms with van der Waals surface area (Å²) < 4.78 is 40.4. The summed E-state index contributed by atoms with van der Waals surface area (Å²) in [7, 11) is 0. The summed E-state index contributed by atoms with van der Waals surface area (Å²) in [5.41, 5.74) is 1.30. The third-order valence-corrected chi connectivity index (χ3v) is 3.09. The van der Waals surface area contributed by atoms with Crippen molar-refractivity contribution >= 4 is 23.0 Å². The molecule has 2 aromatic rings. The van der Waals surface area contributed by atoms with Gasteiger partial charge in [-0.25, -0.2) is 0 Å². The third-order valence-electron chi connectivity index (χ3n) is 3.09. The first-order valence-corrected chi connectivity index (χ1v) is 7.34. The number of ether oxygens (including phenoxy) is 1. The smallest absolute Gasteiger partial charge is 0.406 e. The van der Waals surface area contributed by atoms with Crippen molar-refractivity contribution in [1.82, 2.24) is 10.3 Å². The molecule has 136 valence electrons. The minimum absolute atomic E-state index is 0.0467. The van der Waals surface area contributed by atoms with Gasteiger partial charge in [-0.2, -0.15) is 0 Å². The molecule has 1 amide bonds. The van der Waals surface area contributed by atoms with Crippen LogP contribution in [-0.4, -0.2) is 29.5 Å². The van der Waals surface area contributed by atoms with Gasteiger partial charge in [0, 0.05) is 11.9 Å². The van der Waals surface area contributed by atoms with Gasteiger partial charge < -0.3 is 20.8 Å². The van der Waals surface area contributed by atoms with Crippen LogP contribution in [0.25, 0.3) is 0 Å². The number of nitrogens with zero attached hydrogens (tertiary/aromatic N) is 1. The zero-order valence-corrected chi connectivity index (χ0v) is 13.4. The first-order chi connectivity index (χ1) is 12.3. The number of carbonyl (C=O) groups is 1. The Kier molecular flexibility index (Phi) is 5.94. The molecule has 0 aliphatic heterocycles. The highest BCUT2D eigenvalue weighted by molar-refractivity contribution is 6.04. The Labute approximate surface area is 147 Å². The number of benzene rings is 1. The van der Waals surface area contributed by atoms with E-state index in [9.17, 15) is 18.0 Å². The van der Waals surface area contributed by atoms with Gasteiger partial charge in [-0.3, -0.25) is 9.78 Å². The first kappa shape index (κ1) is 19.0. The van der Waals surface area contributed by atoms with Gasteiger partial charge in [0.2, 0.25) is 5.91 Å². The number of hydrogen-bond donors (Lipinski definition) is 3. The predicted molar refractivity (Wildman–Crippen MR) is 90.7 cm³/mol. The zero-order chi connectivity index (χ0) is 19.2. The molecule has 1 heterocycles. The van der Waals surface area contributed by atoms with E-state index in [1.54, 1.807) is 12.1 Å².